The smallest absolute Gasteiger partial charge is 0.335 e. The van der Waals surface area contributed by atoms with Gasteiger partial charge in [0.25, 0.3) is 0 Å². The van der Waals surface area contributed by atoms with E-state index in [1.807, 2.05) is 0 Å². The highest BCUT2D eigenvalue weighted by Gasteiger charge is 2.14. The van der Waals surface area contributed by atoms with Crippen LogP contribution in [0.5, 0.6) is 5.75 Å². The highest BCUT2D eigenvalue weighted by Crippen LogP contribution is 2.22. The number of aromatic carboxylic acids is 1. The van der Waals surface area contributed by atoms with E-state index >= 15 is 0 Å². The van der Waals surface area contributed by atoms with Crippen molar-refractivity contribution in [1.29, 1.82) is 0 Å². The summed E-state index contributed by atoms with van der Waals surface area (Å²) in [7, 11) is 0. The second-order valence-corrected chi connectivity index (χ2v) is 2.72. The van der Waals surface area contributed by atoms with Crippen molar-refractivity contribution in [2.24, 2.45) is 0 Å². The highest BCUT2D eigenvalue weighted by molar-refractivity contribution is 5.89. The molecule has 0 aromatic heterocycles. The van der Waals surface area contributed by atoms with Crippen LogP contribution < -0.4 is 4.74 Å². The van der Waals surface area contributed by atoms with E-state index in [2.05, 4.69) is 0 Å². The van der Waals surface area contributed by atoms with Gasteiger partial charge in [0.2, 0.25) is 0 Å². The van der Waals surface area contributed by atoms with E-state index < -0.39 is 5.97 Å². The lowest BCUT2D eigenvalue weighted by molar-refractivity contribution is 0.0695. The van der Waals surface area contributed by atoms with Crippen LogP contribution in [-0.2, 0) is 6.42 Å². The van der Waals surface area contributed by atoms with E-state index in [9.17, 15) is 4.79 Å². The molecule has 0 radical (unpaired) electrons. The van der Waals surface area contributed by atoms with E-state index in [1.54, 1.807) is 18.2 Å². The van der Waals surface area contributed by atoms with Gasteiger partial charge in [-0.05, 0) is 23.8 Å². The van der Waals surface area contributed by atoms with Crippen molar-refractivity contribution < 1.29 is 14.6 Å². The summed E-state index contributed by atoms with van der Waals surface area (Å²) < 4.78 is 5.22. The first-order chi connectivity index (χ1) is 5.77. The molecule has 0 saturated heterocycles. The standard InChI is InChI=1S/C9H8O3/c10-9(11)8-2-1-7-5-6(8)3-4-12-7/h1-2,5H,3-4H2,(H,10,11). The molecular weight excluding hydrogens is 156 g/mol. The lowest BCUT2D eigenvalue weighted by atomic mass is 10.0. The van der Waals surface area contributed by atoms with Crippen molar-refractivity contribution >= 4 is 5.97 Å². The maximum Gasteiger partial charge on any atom is 0.335 e. The Balaban J connectivity index is 2.52. The van der Waals surface area contributed by atoms with Gasteiger partial charge >= 0.3 is 5.97 Å². The molecule has 12 heavy (non-hydrogen) atoms. The zero-order chi connectivity index (χ0) is 8.55. The Hall–Kier alpha value is -1.51. The molecule has 0 amide bonds. The van der Waals surface area contributed by atoms with Gasteiger partial charge in [-0.2, -0.15) is 0 Å². The number of hydrogen-bond donors (Lipinski definition) is 1. The normalized spacial score (nSPS) is 13.7. The third kappa shape index (κ3) is 1.03. The van der Waals surface area contributed by atoms with Crippen LogP contribution in [0.1, 0.15) is 15.9 Å². The molecule has 0 aliphatic carbocycles. The average molecular weight is 164 g/mol. The van der Waals surface area contributed by atoms with Crippen molar-refractivity contribution in [2.75, 3.05) is 6.61 Å². The topological polar surface area (TPSA) is 46.5 Å². The summed E-state index contributed by atoms with van der Waals surface area (Å²) in [4.78, 5) is 10.7. The fraction of sp³-hybridized carbons (Fsp3) is 0.222. The van der Waals surface area contributed by atoms with Gasteiger partial charge in [0.05, 0.1) is 12.2 Å². The van der Waals surface area contributed by atoms with E-state index in [0.717, 1.165) is 11.3 Å². The lowest BCUT2D eigenvalue weighted by Crippen LogP contribution is -2.12. The zero-order valence-electron chi connectivity index (χ0n) is 6.41. The van der Waals surface area contributed by atoms with Crippen molar-refractivity contribution in [1.82, 2.24) is 0 Å². The molecule has 1 heterocycles. The monoisotopic (exact) mass is 164 g/mol. The molecule has 3 nitrogen and oxygen atoms in total. The first kappa shape index (κ1) is 7.16. The molecule has 0 unspecified atom stereocenters. The number of hydrogen-bond acceptors (Lipinski definition) is 2. The number of ether oxygens (including phenoxy) is 1. The Morgan fingerprint density at radius 2 is 2.33 bits per heavy atom. The van der Waals surface area contributed by atoms with Crippen molar-refractivity contribution in [3.8, 4) is 5.75 Å². The first-order valence-corrected chi connectivity index (χ1v) is 3.76. The summed E-state index contributed by atoms with van der Waals surface area (Å²) in [6.45, 7) is 0.586. The van der Waals surface area contributed by atoms with E-state index in [1.165, 1.54) is 0 Å². The highest BCUT2D eigenvalue weighted by atomic mass is 16.5. The largest absolute Gasteiger partial charge is 0.493 e. The molecule has 62 valence electrons. The molecule has 0 saturated carbocycles. The third-order valence-electron chi connectivity index (χ3n) is 1.95. The van der Waals surface area contributed by atoms with Gasteiger partial charge in [-0.25, -0.2) is 4.79 Å². The molecule has 0 fully saturated rings. The number of benzene rings is 1. The summed E-state index contributed by atoms with van der Waals surface area (Å²) in [6, 6.07) is 5.06. The van der Waals surface area contributed by atoms with Crippen molar-refractivity contribution in [2.45, 2.75) is 6.42 Å². The fourth-order valence-electron chi connectivity index (χ4n) is 1.35. The van der Waals surface area contributed by atoms with Gasteiger partial charge in [0, 0.05) is 6.42 Å². The number of rotatable bonds is 1. The van der Waals surface area contributed by atoms with Crippen molar-refractivity contribution in [3.63, 3.8) is 0 Å². The van der Waals surface area contributed by atoms with Crippen LogP contribution in [-0.4, -0.2) is 17.7 Å². The molecule has 3 heteroatoms. The van der Waals surface area contributed by atoms with Gasteiger partial charge in [-0.15, -0.1) is 0 Å². The SMILES string of the molecule is O=C(O)c1ccc2cc1CCO2. The molecule has 1 aromatic rings. The second-order valence-electron chi connectivity index (χ2n) is 2.72. The van der Waals surface area contributed by atoms with E-state index in [4.69, 9.17) is 9.84 Å². The Bertz CT molecular complexity index is 331. The molecule has 1 aromatic carbocycles. The van der Waals surface area contributed by atoms with Gasteiger partial charge in [-0.3, -0.25) is 0 Å². The van der Waals surface area contributed by atoms with E-state index in [-0.39, 0.29) is 0 Å². The minimum Gasteiger partial charge on any atom is -0.493 e. The van der Waals surface area contributed by atoms with Crippen LogP contribution in [0.3, 0.4) is 0 Å². The fourth-order valence-corrected chi connectivity index (χ4v) is 1.35. The molecule has 1 aliphatic rings. The third-order valence-corrected chi connectivity index (χ3v) is 1.95. The maximum atomic E-state index is 10.7. The summed E-state index contributed by atoms with van der Waals surface area (Å²) >= 11 is 0. The Morgan fingerprint density at radius 3 is 3.08 bits per heavy atom. The minimum absolute atomic E-state index is 0.391. The molecule has 0 spiro atoms. The predicted molar refractivity (Wildman–Crippen MR) is 42.6 cm³/mol. The number of carboxylic acids is 1. The van der Waals surface area contributed by atoms with Crippen LogP contribution in [0.2, 0.25) is 0 Å². The predicted octanol–water partition coefficient (Wildman–Crippen LogP) is 1.32. The lowest BCUT2D eigenvalue weighted by Gasteiger charge is -2.15. The summed E-state index contributed by atoms with van der Waals surface area (Å²) in [6.07, 6.45) is 0.690. The molecule has 0 atom stereocenters. The van der Waals surface area contributed by atoms with Crippen LogP contribution in [0, 0.1) is 0 Å². The Morgan fingerprint density at radius 1 is 1.50 bits per heavy atom. The van der Waals surface area contributed by atoms with Gasteiger partial charge in [0.15, 0.2) is 0 Å². The molecular formula is C9H8O3. The number of carbonyl (C=O) groups is 1. The first-order valence-electron chi connectivity index (χ1n) is 3.76. The second kappa shape index (κ2) is 2.52. The maximum absolute atomic E-state index is 10.7. The van der Waals surface area contributed by atoms with Gasteiger partial charge < -0.3 is 9.84 Å². The Kier molecular flexibility index (Phi) is 1.50. The average Bonchev–Trinajstić information content (AvgIpc) is 2.04. The van der Waals surface area contributed by atoms with Crippen molar-refractivity contribution in [3.05, 3.63) is 29.3 Å². The summed E-state index contributed by atoms with van der Waals surface area (Å²) in [5.74, 6) is -0.0975. The Labute approximate surface area is 69.6 Å². The van der Waals surface area contributed by atoms with Gasteiger partial charge in [0.1, 0.15) is 5.75 Å². The zero-order valence-corrected chi connectivity index (χ0v) is 6.41. The van der Waals surface area contributed by atoms with Crippen LogP contribution >= 0.6 is 0 Å². The summed E-state index contributed by atoms with van der Waals surface area (Å²) in [5, 5.41) is 8.77. The van der Waals surface area contributed by atoms with Crippen LogP contribution in [0.25, 0.3) is 0 Å². The minimum atomic E-state index is -0.863. The van der Waals surface area contributed by atoms with Gasteiger partial charge in [-0.1, -0.05) is 0 Å². The quantitative estimate of drug-likeness (QED) is 0.680. The van der Waals surface area contributed by atoms with Crippen LogP contribution in [0.15, 0.2) is 18.2 Å². The molecule has 2 bridgehead atoms. The van der Waals surface area contributed by atoms with E-state index in [0.29, 0.717) is 18.6 Å². The summed E-state index contributed by atoms with van der Waals surface area (Å²) in [5.41, 5.74) is 1.26. The number of carboxylic acid groups (broad SMARTS) is 1. The number of fused-ring (bicyclic) bond motifs is 2. The molecule has 1 N–H and O–H groups in total. The van der Waals surface area contributed by atoms with Crippen LogP contribution in [0.4, 0.5) is 0 Å². The molecule has 1 aliphatic heterocycles. The molecule has 2 rings (SSSR count).